The van der Waals surface area contributed by atoms with Crippen molar-refractivity contribution >= 4 is 12.0 Å². The molecule has 3 atom stereocenters. The minimum atomic E-state index is -0.894. The lowest BCUT2D eigenvalue weighted by atomic mass is 10.2. The highest BCUT2D eigenvalue weighted by molar-refractivity contribution is 5.75. The van der Waals surface area contributed by atoms with Gasteiger partial charge in [0.25, 0.3) is 5.56 Å². The van der Waals surface area contributed by atoms with Gasteiger partial charge in [-0.25, -0.2) is 9.59 Å². The summed E-state index contributed by atoms with van der Waals surface area (Å²) in [6.07, 6.45) is -0.792. The minimum Gasteiger partial charge on any atom is -0.466 e. The lowest BCUT2D eigenvalue weighted by molar-refractivity contribution is -0.142. The second-order valence-corrected chi connectivity index (χ2v) is 6.10. The zero-order valence-corrected chi connectivity index (χ0v) is 15.2. The standard InChI is InChI=1S/C16H24N4O7/c1-3-26-13(22)4-5-17-15(24)18-7-11-10(21)6-12(27-11)20-8-9(2)14(23)19-16(20)25/h8,10-12,21H,3-7H2,1-2H3,(H2,17,18,24)(H,19,23,25)/t10-,11+,12+/m0/s1. The van der Waals surface area contributed by atoms with E-state index in [9.17, 15) is 24.3 Å². The maximum atomic E-state index is 11.9. The first-order valence-electron chi connectivity index (χ1n) is 8.64. The monoisotopic (exact) mass is 384 g/mol. The highest BCUT2D eigenvalue weighted by atomic mass is 16.5. The van der Waals surface area contributed by atoms with E-state index >= 15 is 0 Å². The summed E-state index contributed by atoms with van der Waals surface area (Å²) in [5.41, 5.74) is -0.768. The zero-order valence-electron chi connectivity index (χ0n) is 15.2. The zero-order chi connectivity index (χ0) is 20.0. The van der Waals surface area contributed by atoms with E-state index in [1.165, 1.54) is 10.8 Å². The smallest absolute Gasteiger partial charge is 0.330 e. The Labute approximate surface area is 154 Å². The molecular weight excluding hydrogens is 360 g/mol. The molecule has 11 heteroatoms. The Morgan fingerprint density at radius 2 is 2.15 bits per heavy atom. The van der Waals surface area contributed by atoms with E-state index in [0.717, 1.165) is 0 Å². The molecule has 0 bridgehead atoms. The average Bonchev–Trinajstić information content (AvgIpc) is 2.97. The number of nitrogens with one attached hydrogen (secondary N) is 3. The van der Waals surface area contributed by atoms with Crippen LogP contribution in [0.15, 0.2) is 15.8 Å². The number of hydrogen-bond donors (Lipinski definition) is 4. The lowest BCUT2D eigenvalue weighted by Crippen LogP contribution is -2.43. The number of rotatable bonds is 7. The second-order valence-electron chi connectivity index (χ2n) is 6.10. The van der Waals surface area contributed by atoms with Crippen LogP contribution in [0, 0.1) is 6.92 Å². The van der Waals surface area contributed by atoms with Gasteiger partial charge in [-0.1, -0.05) is 0 Å². The highest BCUT2D eigenvalue weighted by Crippen LogP contribution is 2.27. The van der Waals surface area contributed by atoms with Gasteiger partial charge in [-0.15, -0.1) is 0 Å². The quantitative estimate of drug-likeness (QED) is 0.429. The first kappa shape index (κ1) is 20.6. The van der Waals surface area contributed by atoms with Crippen LogP contribution in [0.25, 0.3) is 0 Å². The summed E-state index contributed by atoms with van der Waals surface area (Å²) in [6, 6.07) is -0.518. The number of esters is 1. The van der Waals surface area contributed by atoms with E-state index < -0.39 is 41.7 Å². The van der Waals surface area contributed by atoms with Crippen LogP contribution in [0.4, 0.5) is 4.79 Å². The molecule has 1 saturated heterocycles. The topological polar surface area (TPSA) is 152 Å². The van der Waals surface area contributed by atoms with E-state index in [4.69, 9.17) is 9.47 Å². The number of carbonyl (C=O) groups is 2. The molecule has 2 amide bonds. The largest absolute Gasteiger partial charge is 0.466 e. The van der Waals surface area contributed by atoms with Crippen molar-refractivity contribution in [1.29, 1.82) is 0 Å². The fraction of sp³-hybridized carbons (Fsp3) is 0.625. The van der Waals surface area contributed by atoms with Gasteiger partial charge in [0.2, 0.25) is 0 Å². The second kappa shape index (κ2) is 9.33. The van der Waals surface area contributed by atoms with Crippen molar-refractivity contribution < 1.29 is 24.2 Å². The molecule has 1 aromatic heterocycles. The summed E-state index contributed by atoms with van der Waals surface area (Å²) < 4.78 is 11.6. The van der Waals surface area contributed by atoms with Crippen LogP contribution in [0.5, 0.6) is 0 Å². The fourth-order valence-corrected chi connectivity index (χ4v) is 2.64. The Morgan fingerprint density at radius 3 is 2.85 bits per heavy atom. The number of aromatic amines is 1. The van der Waals surface area contributed by atoms with Crippen LogP contribution in [0.2, 0.25) is 0 Å². The third-order valence-electron chi connectivity index (χ3n) is 4.04. The number of nitrogens with zero attached hydrogens (tertiary/aromatic N) is 1. The van der Waals surface area contributed by atoms with E-state index in [2.05, 4.69) is 15.6 Å². The number of aliphatic hydroxyl groups excluding tert-OH is 1. The van der Waals surface area contributed by atoms with Crippen LogP contribution >= 0.6 is 0 Å². The maximum absolute atomic E-state index is 11.9. The molecule has 0 unspecified atom stereocenters. The molecule has 27 heavy (non-hydrogen) atoms. The molecule has 2 heterocycles. The van der Waals surface area contributed by atoms with Crippen molar-refractivity contribution in [2.45, 2.75) is 45.1 Å². The summed E-state index contributed by atoms with van der Waals surface area (Å²) >= 11 is 0. The summed E-state index contributed by atoms with van der Waals surface area (Å²) in [7, 11) is 0. The van der Waals surface area contributed by atoms with Gasteiger partial charge >= 0.3 is 17.7 Å². The summed E-state index contributed by atoms with van der Waals surface area (Å²) in [6.45, 7) is 3.66. The van der Waals surface area contributed by atoms with Crippen LogP contribution in [-0.2, 0) is 14.3 Å². The van der Waals surface area contributed by atoms with Crippen molar-refractivity contribution in [2.24, 2.45) is 0 Å². The maximum Gasteiger partial charge on any atom is 0.330 e. The molecule has 0 saturated carbocycles. The van der Waals surface area contributed by atoms with Gasteiger partial charge in [0.05, 0.1) is 19.1 Å². The van der Waals surface area contributed by atoms with E-state index in [0.29, 0.717) is 5.56 Å². The number of hydrogen-bond acceptors (Lipinski definition) is 7. The number of aromatic nitrogens is 2. The van der Waals surface area contributed by atoms with E-state index in [-0.39, 0.29) is 32.5 Å². The van der Waals surface area contributed by atoms with Crippen molar-refractivity contribution in [2.75, 3.05) is 19.7 Å². The molecule has 4 N–H and O–H groups in total. The summed E-state index contributed by atoms with van der Waals surface area (Å²) in [5.74, 6) is -0.406. The molecule has 1 aliphatic rings. The molecule has 2 rings (SSSR count). The SMILES string of the molecule is CCOC(=O)CCNC(=O)NC[C@H]1O[C@@H](n2cc(C)c(=O)[nH]c2=O)C[C@@H]1O. The lowest BCUT2D eigenvalue weighted by Gasteiger charge is -2.17. The number of H-pyrrole nitrogens is 1. The predicted octanol–water partition coefficient (Wildman–Crippen LogP) is -1.25. The summed E-state index contributed by atoms with van der Waals surface area (Å²) in [5, 5.41) is 15.1. The van der Waals surface area contributed by atoms with Crippen molar-refractivity contribution in [3.8, 4) is 0 Å². The van der Waals surface area contributed by atoms with Crippen molar-refractivity contribution in [1.82, 2.24) is 20.2 Å². The molecule has 0 aromatic carbocycles. The third-order valence-corrected chi connectivity index (χ3v) is 4.04. The summed E-state index contributed by atoms with van der Waals surface area (Å²) in [4.78, 5) is 48.4. The fourth-order valence-electron chi connectivity index (χ4n) is 2.64. The van der Waals surface area contributed by atoms with Gasteiger partial charge in [-0.2, -0.15) is 0 Å². The number of carbonyl (C=O) groups excluding carboxylic acids is 2. The van der Waals surface area contributed by atoms with Gasteiger partial charge in [-0.3, -0.25) is 19.1 Å². The van der Waals surface area contributed by atoms with Gasteiger partial charge in [-0.05, 0) is 13.8 Å². The first-order valence-corrected chi connectivity index (χ1v) is 8.64. The highest BCUT2D eigenvalue weighted by Gasteiger charge is 2.35. The Bertz CT molecular complexity index is 788. The molecule has 11 nitrogen and oxygen atoms in total. The molecule has 0 aliphatic carbocycles. The van der Waals surface area contributed by atoms with E-state index in [1.807, 2.05) is 0 Å². The van der Waals surface area contributed by atoms with Gasteiger partial charge in [0, 0.05) is 31.3 Å². The number of amides is 2. The Hall–Kier alpha value is -2.66. The average molecular weight is 384 g/mol. The number of aryl methyl sites for hydroxylation is 1. The number of urea groups is 1. The number of ether oxygens (including phenoxy) is 2. The number of aliphatic hydroxyl groups is 1. The van der Waals surface area contributed by atoms with Gasteiger partial charge in [0.1, 0.15) is 12.3 Å². The van der Waals surface area contributed by atoms with Crippen LogP contribution in [-0.4, -0.2) is 58.6 Å². The van der Waals surface area contributed by atoms with E-state index in [1.54, 1.807) is 13.8 Å². The Balaban J connectivity index is 1.82. The third kappa shape index (κ3) is 5.66. The molecular formula is C16H24N4O7. The van der Waals surface area contributed by atoms with Crippen LogP contribution in [0.1, 0.15) is 31.6 Å². The molecule has 0 radical (unpaired) electrons. The molecule has 1 fully saturated rings. The Morgan fingerprint density at radius 1 is 1.41 bits per heavy atom. The van der Waals surface area contributed by atoms with Crippen molar-refractivity contribution in [3.05, 3.63) is 32.6 Å². The molecule has 0 spiro atoms. The molecule has 150 valence electrons. The van der Waals surface area contributed by atoms with Crippen molar-refractivity contribution in [3.63, 3.8) is 0 Å². The van der Waals surface area contributed by atoms with Crippen LogP contribution < -0.4 is 21.9 Å². The predicted molar refractivity (Wildman–Crippen MR) is 93.2 cm³/mol. The minimum absolute atomic E-state index is 0.0139. The molecule has 1 aliphatic heterocycles. The Kier molecular flexibility index (Phi) is 7.13. The first-order chi connectivity index (χ1) is 12.8. The van der Waals surface area contributed by atoms with Gasteiger partial charge in [0.15, 0.2) is 0 Å². The normalized spacial score (nSPS) is 21.7. The van der Waals surface area contributed by atoms with Gasteiger partial charge < -0.3 is 25.2 Å². The van der Waals surface area contributed by atoms with Crippen LogP contribution in [0.3, 0.4) is 0 Å². The molecule has 1 aromatic rings.